The second kappa shape index (κ2) is 5.66. The van der Waals surface area contributed by atoms with Crippen molar-refractivity contribution in [2.45, 2.75) is 58.4 Å². The third kappa shape index (κ3) is 2.63. The van der Waals surface area contributed by atoms with Gasteiger partial charge in [-0.3, -0.25) is 0 Å². The van der Waals surface area contributed by atoms with Crippen LogP contribution < -0.4 is 5.32 Å². The summed E-state index contributed by atoms with van der Waals surface area (Å²) in [5.74, 6) is 1.02. The minimum atomic E-state index is -0.877. The third-order valence-corrected chi connectivity index (χ3v) is 5.35. The Bertz CT molecular complexity index is 556. The molecule has 0 saturated heterocycles. The average molecular weight is 288 g/mol. The number of nitrogens with zero attached hydrogens (tertiary/aromatic N) is 1. The van der Waals surface area contributed by atoms with E-state index in [-0.39, 0.29) is 0 Å². The predicted molar refractivity (Wildman–Crippen MR) is 82.8 cm³/mol. The first kappa shape index (κ1) is 14.4. The number of hydrogen-bond donors (Lipinski definition) is 2. The quantitative estimate of drug-likeness (QED) is 0.890. The fourth-order valence-electron chi connectivity index (χ4n) is 3.95. The van der Waals surface area contributed by atoms with Crippen molar-refractivity contribution in [3.8, 4) is 0 Å². The zero-order chi connectivity index (χ0) is 15.0. The maximum absolute atomic E-state index is 11.5. The zero-order valence-corrected chi connectivity index (χ0v) is 12.9. The van der Waals surface area contributed by atoms with E-state index in [9.17, 15) is 9.90 Å². The molecular weight excluding hydrogens is 264 g/mol. The van der Waals surface area contributed by atoms with Gasteiger partial charge in [-0.25, -0.2) is 9.78 Å². The van der Waals surface area contributed by atoms with Crippen LogP contribution in [0.3, 0.4) is 0 Å². The number of carboxylic acid groups (broad SMARTS) is 1. The van der Waals surface area contributed by atoms with Gasteiger partial charge < -0.3 is 10.4 Å². The Hall–Kier alpha value is -1.58. The van der Waals surface area contributed by atoms with Gasteiger partial charge in [0, 0.05) is 11.7 Å². The molecule has 0 aromatic carbocycles. The van der Waals surface area contributed by atoms with E-state index in [1.165, 1.54) is 12.8 Å². The van der Waals surface area contributed by atoms with Crippen LogP contribution in [0.1, 0.15) is 61.1 Å². The number of aromatic carboxylic acids is 1. The van der Waals surface area contributed by atoms with Gasteiger partial charge in [0.2, 0.25) is 0 Å². The largest absolute Gasteiger partial charge is 0.478 e. The summed E-state index contributed by atoms with van der Waals surface area (Å²) in [5, 5.41) is 12.9. The van der Waals surface area contributed by atoms with E-state index in [2.05, 4.69) is 24.1 Å². The van der Waals surface area contributed by atoms with Gasteiger partial charge >= 0.3 is 5.97 Å². The van der Waals surface area contributed by atoms with Crippen LogP contribution in [0.25, 0.3) is 0 Å². The molecule has 0 bridgehead atoms. The lowest BCUT2D eigenvalue weighted by Gasteiger charge is -2.22. The molecule has 2 N–H and O–H groups in total. The maximum atomic E-state index is 11.5. The summed E-state index contributed by atoms with van der Waals surface area (Å²) in [7, 11) is 0. The average Bonchev–Trinajstić information content (AvgIpc) is 3.05. The maximum Gasteiger partial charge on any atom is 0.339 e. The normalized spacial score (nSPS) is 27.6. The van der Waals surface area contributed by atoms with Crippen LogP contribution in [0.2, 0.25) is 0 Å². The number of anilines is 1. The molecule has 3 unspecified atom stereocenters. The second-order valence-electron chi connectivity index (χ2n) is 6.50. The number of pyridine rings is 1. The van der Waals surface area contributed by atoms with Gasteiger partial charge in [0.05, 0.1) is 0 Å². The fraction of sp³-hybridized carbons (Fsp3) is 0.647. The van der Waals surface area contributed by atoms with Crippen LogP contribution >= 0.6 is 0 Å². The van der Waals surface area contributed by atoms with E-state index in [1.807, 2.05) is 6.07 Å². The van der Waals surface area contributed by atoms with E-state index in [4.69, 9.17) is 0 Å². The summed E-state index contributed by atoms with van der Waals surface area (Å²) >= 11 is 0. The van der Waals surface area contributed by atoms with Crippen molar-refractivity contribution in [1.29, 1.82) is 0 Å². The van der Waals surface area contributed by atoms with Gasteiger partial charge in [-0.2, -0.15) is 0 Å². The van der Waals surface area contributed by atoms with Crippen LogP contribution in [0, 0.1) is 11.8 Å². The number of nitrogens with one attached hydrogen (secondary N) is 1. The van der Waals surface area contributed by atoms with Crippen molar-refractivity contribution >= 4 is 11.8 Å². The Morgan fingerprint density at radius 2 is 2.24 bits per heavy atom. The molecule has 2 aliphatic rings. The SMILES string of the molecule is CCC1CCC(Nc2nc3c(cc2C(=O)O)CCC3)C1C. The molecule has 0 aliphatic heterocycles. The van der Waals surface area contributed by atoms with Gasteiger partial charge in [-0.05, 0) is 55.6 Å². The highest BCUT2D eigenvalue weighted by Gasteiger charge is 2.32. The summed E-state index contributed by atoms with van der Waals surface area (Å²) in [6.45, 7) is 4.51. The molecule has 0 spiro atoms. The summed E-state index contributed by atoms with van der Waals surface area (Å²) in [6, 6.07) is 2.18. The van der Waals surface area contributed by atoms with Crippen molar-refractivity contribution in [3.05, 3.63) is 22.9 Å². The summed E-state index contributed by atoms with van der Waals surface area (Å²) in [5.41, 5.74) is 2.53. The van der Waals surface area contributed by atoms with Gasteiger partial charge in [0.1, 0.15) is 11.4 Å². The fourth-order valence-corrected chi connectivity index (χ4v) is 3.95. The molecule has 1 aromatic rings. The lowest BCUT2D eigenvalue weighted by Crippen LogP contribution is -2.26. The predicted octanol–water partition coefficient (Wildman–Crippen LogP) is 3.51. The number of aryl methyl sites for hydroxylation is 2. The zero-order valence-electron chi connectivity index (χ0n) is 12.9. The second-order valence-corrected chi connectivity index (χ2v) is 6.50. The summed E-state index contributed by atoms with van der Waals surface area (Å²) in [4.78, 5) is 16.1. The van der Waals surface area contributed by atoms with Crippen LogP contribution in [-0.4, -0.2) is 22.1 Å². The first-order valence-electron chi connectivity index (χ1n) is 8.12. The summed E-state index contributed by atoms with van der Waals surface area (Å²) in [6.07, 6.45) is 6.55. The number of rotatable bonds is 4. The standard InChI is InChI=1S/C17H24N2O2/c1-3-11-7-8-14(10(11)2)18-16-13(17(20)21)9-12-5-4-6-15(12)19-16/h9-11,14H,3-8H2,1-2H3,(H,18,19)(H,20,21). The molecule has 114 valence electrons. The van der Waals surface area contributed by atoms with Crippen molar-refractivity contribution in [2.24, 2.45) is 11.8 Å². The van der Waals surface area contributed by atoms with E-state index in [1.54, 1.807) is 0 Å². The minimum absolute atomic E-state index is 0.336. The first-order chi connectivity index (χ1) is 10.1. The molecule has 1 fully saturated rings. The Morgan fingerprint density at radius 1 is 1.43 bits per heavy atom. The van der Waals surface area contributed by atoms with Gasteiger partial charge in [-0.1, -0.05) is 20.3 Å². The van der Waals surface area contributed by atoms with E-state index in [0.717, 1.165) is 42.9 Å². The number of carbonyl (C=O) groups is 1. The number of fused-ring (bicyclic) bond motifs is 1. The molecule has 0 radical (unpaired) electrons. The van der Waals surface area contributed by atoms with Crippen molar-refractivity contribution in [1.82, 2.24) is 4.98 Å². The van der Waals surface area contributed by atoms with E-state index < -0.39 is 5.97 Å². The van der Waals surface area contributed by atoms with Crippen molar-refractivity contribution < 1.29 is 9.90 Å². The van der Waals surface area contributed by atoms with Crippen LogP contribution in [0.15, 0.2) is 6.07 Å². The van der Waals surface area contributed by atoms with Gasteiger partial charge in [-0.15, -0.1) is 0 Å². The molecule has 4 nitrogen and oxygen atoms in total. The Kier molecular flexibility index (Phi) is 3.87. The van der Waals surface area contributed by atoms with Crippen LogP contribution in [0.4, 0.5) is 5.82 Å². The van der Waals surface area contributed by atoms with Crippen molar-refractivity contribution in [3.63, 3.8) is 0 Å². The molecule has 1 saturated carbocycles. The molecule has 1 aromatic heterocycles. The van der Waals surface area contributed by atoms with E-state index >= 15 is 0 Å². The molecule has 3 rings (SSSR count). The number of carboxylic acids is 1. The number of hydrogen-bond acceptors (Lipinski definition) is 3. The highest BCUT2D eigenvalue weighted by Crippen LogP contribution is 2.36. The monoisotopic (exact) mass is 288 g/mol. The lowest BCUT2D eigenvalue weighted by atomic mass is 9.93. The smallest absolute Gasteiger partial charge is 0.339 e. The topological polar surface area (TPSA) is 62.2 Å². The lowest BCUT2D eigenvalue weighted by molar-refractivity contribution is 0.0697. The van der Waals surface area contributed by atoms with Crippen LogP contribution in [0.5, 0.6) is 0 Å². The molecular formula is C17H24N2O2. The molecule has 1 heterocycles. The molecule has 4 heteroatoms. The van der Waals surface area contributed by atoms with Gasteiger partial charge in [0.15, 0.2) is 0 Å². The van der Waals surface area contributed by atoms with Gasteiger partial charge in [0.25, 0.3) is 0 Å². The Labute approximate surface area is 126 Å². The number of aromatic nitrogens is 1. The summed E-state index contributed by atoms with van der Waals surface area (Å²) < 4.78 is 0. The van der Waals surface area contributed by atoms with Crippen molar-refractivity contribution in [2.75, 3.05) is 5.32 Å². The Morgan fingerprint density at radius 3 is 2.90 bits per heavy atom. The minimum Gasteiger partial charge on any atom is -0.478 e. The third-order valence-electron chi connectivity index (χ3n) is 5.35. The molecule has 0 amide bonds. The highest BCUT2D eigenvalue weighted by atomic mass is 16.4. The molecule has 3 atom stereocenters. The Balaban J connectivity index is 1.86. The molecule has 21 heavy (non-hydrogen) atoms. The van der Waals surface area contributed by atoms with E-state index in [0.29, 0.717) is 23.3 Å². The highest BCUT2D eigenvalue weighted by molar-refractivity contribution is 5.93. The van der Waals surface area contributed by atoms with Crippen LogP contribution in [-0.2, 0) is 12.8 Å². The first-order valence-corrected chi connectivity index (χ1v) is 8.12. The molecule has 2 aliphatic carbocycles.